The van der Waals surface area contributed by atoms with E-state index in [1.54, 1.807) is 6.20 Å². The number of aliphatic hydroxyl groups is 1. The van der Waals surface area contributed by atoms with Crippen LogP contribution in [0.15, 0.2) is 64.5 Å². The van der Waals surface area contributed by atoms with E-state index >= 15 is 0 Å². The van der Waals surface area contributed by atoms with Crippen LogP contribution in [0.4, 0.5) is 5.69 Å². The zero-order valence-electron chi connectivity index (χ0n) is 15.3. The molecule has 2 aliphatic carbocycles. The van der Waals surface area contributed by atoms with Crippen molar-refractivity contribution in [3.63, 3.8) is 0 Å². The summed E-state index contributed by atoms with van der Waals surface area (Å²) < 4.78 is 0. The predicted molar refractivity (Wildman–Crippen MR) is 109 cm³/mol. The van der Waals surface area contributed by atoms with Crippen LogP contribution in [0.5, 0.6) is 0 Å². The van der Waals surface area contributed by atoms with Crippen LogP contribution in [-0.2, 0) is 17.1 Å². The zero-order chi connectivity index (χ0) is 19.6. The van der Waals surface area contributed by atoms with Gasteiger partial charge in [-0.25, -0.2) is 5.73 Å². The first-order chi connectivity index (χ1) is 13.8. The molecular weight excluding hydrogens is 426 g/mol. The summed E-state index contributed by atoms with van der Waals surface area (Å²) in [5, 5.41) is 17.1. The molecule has 1 aromatic heterocycles. The standard InChI is InChI=1S/C18H16ClN3O.C5.Fe/c19-15-4-5-16-17(6-7-21-18(16)10-15)22-12-14-3-1-2-13(14)11-20-8-9-23;1-2-4-5-3-1;/h4-7,10,20,23H,8-9,11-12H2,(H,21,22);;/q2*-1;+2. The van der Waals surface area contributed by atoms with Crippen molar-refractivity contribution in [2.45, 2.75) is 0 Å². The van der Waals surface area contributed by atoms with Gasteiger partial charge >= 0.3 is 17.1 Å². The molecule has 0 unspecified atom stereocenters. The van der Waals surface area contributed by atoms with Crippen molar-refractivity contribution in [3.8, 4) is 0 Å². The second-order valence-electron chi connectivity index (χ2n) is 5.73. The number of pyridine rings is 1. The van der Waals surface area contributed by atoms with Crippen LogP contribution in [0.25, 0.3) is 10.9 Å². The molecule has 4 nitrogen and oxygen atoms in total. The molecule has 0 spiro atoms. The van der Waals surface area contributed by atoms with E-state index in [9.17, 15) is 0 Å². The maximum absolute atomic E-state index is 8.82. The third-order valence-electron chi connectivity index (χ3n) is 3.85. The summed E-state index contributed by atoms with van der Waals surface area (Å²) in [5.41, 5.74) is 14.4. The number of aliphatic hydroxyl groups excluding tert-OH is 1. The average molecular weight is 442 g/mol. The molecule has 0 saturated carbocycles. The van der Waals surface area contributed by atoms with Crippen molar-refractivity contribution in [1.82, 2.24) is 10.3 Å². The molecule has 0 fully saturated rings. The van der Waals surface area contributed by atoms with Gasteiger partial charge in [0.05, 0.1) is 12.1 Å². The Bertz CT molecular complexity index is 1080. The van der Waals surface area contributed by atoms with Gasteiger partial charge in [0.15, 0.2) is 0 Å². The minimum atomic E-state index is 0. The number of rotatable bonds is 7. The summed E-state index contributed by atoms with van der Waals surface area (Å²) >= 11 is 6.01. The molecule has 0 atom stereocenters. The van der Waals surface area contributed by atoms with Gasteiger partial charge in [-0.05, 0) is 37.4 Å². The number of fused-ring (bicyclic) bond motifs is 1. The van der Waals surface area contributed by atoms with Crippen molar-refractivity contribution in [3.05, 3.63) is 93.9 Å². The monoisotopic (exact) mass is 441 g/mol. The molecule has 0 saturated heterocycles. The van der Waals surface area contributed by atoms with E-state index < -0.39 is 0 Å². The molecule has 2 aromatic rings. The Hall–Kier alpha value is -2.50. The third-order valence-corrected chi connectivity index (χ3v) is 4.09. The molecule has 2 radical (unpaired) electrons. The Kier molecular flexibility index (Phi) is 9.54. The van der Waals surface area contributed by atoms with Gasteiger partial charge in [0.2, 0.25) is 0 Å². The maximum Gasteiger partial charge on any atom is 2.00 e. The van der Waals surface area contributed by atoms with Crippen LogP contribution in [0.3, 0.4) is 0 Å². The van der Waals surface area contributed by atoms with E-state index in [1.165, 1.54) is 0 Å². The molecule has 3 N–H and O–H groups in total. The number of nitrogens with one attached hydrogen (secondary N) is 2. The van der Waals surface area contributed by atoms with Crippen molar-refractivity contribution in [1.29, 1.82) is 0 Å². The first-order valence-corrected chi connectivity index (χ1v) is 8.99. The SMILES string of the molecule is OCCNCC1=[C][C-]=C=C1CNc1ccnc2cc(Cl)ccc12.[C]1=C=C=C=[C-]1.[Fe+2]. The van der Waals surface area contributed by atoms with Crippen molar-refractivity contribution < 1.29 is 22.2 Å². The number of hydrogen-bond donors (Lipinski definition) is 3. The minimum Gasteiger partial charge on any atom is -0.395 e. The van der Waals surface area contributed by atoms with Crippen LogP contribution in [0.1, 0.15) is 0 Å². The van der Waals surface area contributed by atoms with Crippen molar-refractivity contribution >= 4 is 28.2 Å². The number of anilines is 1. The van der Waals surface area contributed by atoms with E-state index in [-0.39, 0.29) is 23.7 Å². The summed E-state index contributed by atoms with van der Waals surface area (Å²) in [6.45, 7) is 1.94. The molecule has 1 aromatic carbocycles. The topological polar surface area (TPSA) is 57.2 Å². The molecule has 0 amide bonds. The molecule has 29 heavy (non-hydrogen) atoms. The predicted octanol–water partition coefficient (Wildman–Crippen LogP) is 3.14. The van der Waals surface area contributed by atoms with Gasteiger partial charge < -0.3 is 15.7 Å². The Morgan fingerprint density at radius 3 is 2.72 bits per heavy atom. The van der Waals surface area contributed by atoms with E-state index in [0.717, 1.165) is 27.7 Å². The summed E-state index contributed by atoms with van der Waals surface area (Å²) in [5.74, 6) is 0. The Morgan fingerprint density at radius 1 is 1.10 bits per heavy atom. The number of nitrogens with zero attached hydrogens (tertiary/aromatic N) is 1. The van der Waals surface area contributed by atoms with Crippen LogP contribution < -0.4 is 10.6 Å². The Morgan fingerprint density at radius 2 is 2.00 bits per heavy atom. The van der Waals surface area contributed by atoms with Gasteiger partial charge in [0.1, 0.15) is 0 Å². The number of halogens is 1. The quantitative estimate of drug-likeness (QED) is 0.267. The second-order valence-corrected chi connectivity index (χ2v) is 6.17. The normalized spacial score (nSPS) is 12.5. The molecule has 2 aliphatic rings. The van der Waals surface area contributed by atoms with Crippen molar-refractivity contribution in [2.24, 2.45) is 0 Å². The van der Waals surface area contributed by atoms with Gasteiger partial charge in [-0.1, -0.05) is 11.6 Å². The van der Waals surface area contributed by atoms with E-state index in [4.69, 9.17) is 16.7 Å². The fourth-order valence-electron chi connectivity index (χ4n) is 2.54. The van der Waals surface area contributed by atoms with Crippen LogP contribution >= 0.6 is 11.6 Å². The Balaban J connectivity index is 0.000000437. The van der Waals surface area contributed by atoms with Gasteiger partial charge in [-0.2, -0.15) is 11.6 Å². The van der Waals surface area contributed by atoms with Crippen LogP contribution in [-0.4, -0.2) is 36.3 Å². The molecular formula is C23H16ClFeN3O. The minimum absolute atomic E-state index is 0. The summed E-state index contributed by atoms with van der Waals surface area (Å²) in [7, 11) is 0. The number of hydrogen-bond acceptors (Lipinski definition) is 4. The van der Waals surface area contributed by atoms with Gasteiger partial charge in [-0.3, -0.25) is 22.2 Å². The third kappa shape index (κ3) is 6.80. The van der Waals surface area contributed by atoms with E-state index in [1.807, 2.05) is 24.3 Å². The summed E-state index contributed by atoms with van der Waals surface area (Å²) in [6, 6.07) is 7.61. The molecule has 4 rings (SSSR count). The molecule has 0 bridgehead atoms. The fraction of sp³-hybridized carbons (Fsp3) is 0.174. The smallest absolute Gasteiger partial charge is 0.395 e. The Labute approximate surface area is 185 Å². The zero-order valence-corrected chi connectivity index (χ0v) is 17.2. The summed E-state index contributed by atoms with van der Waals surface area (Å²) in [4.78, 5) is 4.34. The van der Waals surface area contributed by atoms with Gasteiger partial charge in [-0.15, -0.1) is 23.8 Å². The molecule has 144 valence electrons. The maximum atomic E-state index is 8.82. The van der Waals surface area contributed by atoms with Gasteiger partial charge in [0, 0.05) is 28.8 Å². The fourth-order valence-corrected chi connectivity index (χ4v) is 2.71. The van der Waals surface area contributed by atoms with Gasteiger partial charge in [0.25, 0.3) is 0 Å². The first-order valence-electron chi connectivity index (χ1n) is 8.61. The van der Waals surface area contributed by atoms with Crippen LogP contribution in [0, 0.1) is 24.3 Å². The van der Waals surface area contributed by atoms with E-state index in [0.29, 0.717) is 24.7 Å². The molecule has 1 heterocycles. The molecule has 0 aliphatic heterocycles. The number of allylic oxidation sites excluding steroid dienone is 3. The van der Waals surface area contributed by atoms with Crippen LogP contribution in [0.2, 0.25) is 5.02 Å². The largest absolute Gasteiger partial charge is 2.00 e. The number of benzene rings is 1. The second kappa shape index (κ2) is 12.1. The van der Waals surface area contributed by atoms with Crippen molar-refractivity contribution in [2.75, 3.05) is 31.6 Å². The average Bonchev–Trinajstić information content (AvgIpc) is 3.41. The first kappa shape index (κ1) is 22.8. The summed E-state index contributed by atoms with van der Waals surface area (Å²) in [6.07, 6.45) is 12.7. The number of aromatic nitrogens is 1. The van der Waals surface area contributed by atoms with E-state index in [2.05, 4.69) is 62.8 Å². The molecule has 6 heteroatoms.